The van der Waals surface area contributed by atoms with E-state index in [0.29, 0.717) is 10.5 Å². The first-order valence-corrected chi connectivity index (χ1v) is 4.32. The highest BCUT2D eigenvalue weighted by molar-refractivity contribution is 7.80. The quantitative estimate of drug-likeness (QED) is 0.689. The van der Waals surface area contributed by atoms with Crippen LogP contribution in [-0.4, -0.2) is 11.3 Å². The Kier molecular flexibility index (Phi) is 2.97. The Balaban J connectivity index is 3.04. The Morgan fingerprint density at radius 2 is 2.33 bits per heavy atom. The summed E-state index contributed by atoms with van der Waals surface area (Å²) >= 11 is -1.45. The lowest BCUT2D eigenvalue weighted by Gasteiger charge is -1.97. The summed E-state index contributed by atoms with van der Waals surface area (Å²) in [5.41, 5.74) is 0.484. The second-order valence-corrected chi connectivity index (χ2v) is 3.32. The molecular weight excluding hydrogens is 174 g/mol. The van der Waals surface area contributed by atoms with Crippen LogP contribution in [0.25, 0.3) is 0 Å². The molecule has 0 radical (unpaired) electrons. The van der Waals surface area contributed by atoms with Gasteiger partial charge in [0, 0.05) is 0 Å². The van der Waals surface area contributed by atoms with Gasteiger partial charge in [-0.05, 0) is 18.2 Å². The third-order valence-electron chi connectivity index (χ3n) is 1.31. The topological polar surface area (TPSA) is 50.1 Å². The molecule has 0 saturated heterocycles. The SMILES string of the molecule is COS(=O)c1cccc(C#N)c1. The molecule has 0 amide bonds. The highest BCUT2D eigenvalue weighted by atomic mass is 32.2. The number of hydrogen-bond acceptors (Lipinski definition) is 3. The van der Waals surface area contributed by atoms with Crippen LogP contribution in [0.15, 0.2) is 29.2 Å². The van der Waals surface area contributed by atoms with Gasteiger partial charge in [0.2, 0.25) is 0 Å². The van der Waals surface area contributed by atoms with Crippen LogP contribution >= 0.6 is 0 Å². The first-order chi connectivity index (χ1) is 5.77. The van der Waals surface area contributed by atoms with Gasteiger partial charge in [-0.1, -0.05) is 6.07 Å². The Hall–Kier alpha value is -1.18. The van der Waals surface area contributed by atoms with E-state index in [1.54, 1.807) is 24.3 Å². The van der Waals surface area contributed by atoms with Crippen LogP contribution in [0.4, 0.5) is 0 Å². The molecule has 0 spiro atoms. The summed E-state index contributed by atoms with van der Waals surface area (Å²) in [6, 6.07) is 8.47. The van der Waals surface area contributed by atoms with Crippen molar-refractivity contribution in [3.8, 4) is 6.07 Å². The minimum atomic E-state index is -1.45. The van der Waals surface area contributed by atoms with Crippen molar-refractivity contribution in [2.24, 2.45) is 0 Å². The van der Waals surface area contributed by atoms with Gasteiger partial charge in [-0.2, -0.15) is 5.26 Å². The average Bonchev–Trinajstić information content (AvgIpc) is 2.17. The molecule has 0 fully saturated rings. The zero-order valence-corrected chi connectivity index (χ0v) is 7.30. The molecule has 1 aromatic rings. The molecule has 0 N–H and O–H groups in total. The van der Waals surface area contributed by atoms with Crippen LogP contribution < -0.4 is 0 Å². The van der Waals surface area contributed by atoms with Crippen molar-refractivity contribution in [2.45, 2.75) is 4.90 Å². The van der Waals surface area contributed by atoms with Crippen molar-refractivity contribution in [3.05, 3.63) is 29.8 Å². The summed E-state index contributed by atoms with van der Waals surface area (Å²) in [6.07, 6.45) is 0. The van der Waals surface area contributed by atoms with Crippen LogP contribution in [0.3, 0.4) is 0 Å². The Labute approximate surface area is 73.3 Å². The number of hydrogen-bond donors (Lipinski definition) is 0. The first kappa shape index (κ1) is 8.91. The average molecular weight is 181 g/mol. The summed E-state index contributed by atoms with van der Waals surface area (Å²) < 4.78 is 15.7. The van der Waals surface area contributed by atoms with E-state index in [1.807, 2.05) is 6.07 Å². The first-order valence-electron chi connectivity index (χ1n) is 3.24. The molecule has 0 aliphatic rings. The van der Waals surface area contributed by atoms with Gasteiger partial charge in [-0.15, -0.1) is 0 Å². The predicted octanol–water partition coefficient (Wildman–Crippen LogP) is 1.23. The second-order valence-electron chi connectivity index (χ2n) is 2.04. The van der Waals surface area contributed by atoms with Crippen molar-refractivity contribution in [2.75, 3.05) is 7.11 Å². The molecule has 0 bridgehead atoms. The zero-order chi connectivity index (χ0) is 8.97. The minimum Gasteiger partial charge on any atom is -0.290 e. The zero-order valence-electron chi connectivity index (χ0n) is 6.48. The van der Waals surface area contributed by atoms with Gasteiger partial charge in [-0.3, -0.25) is 4.18 Å². The molecule has 0 heterocycles. The molecule has 4 heteroatoms. The van der Waals surface area contributed by atoms with Gasteiger partial charge < -0.3 is 0 Å². The van der Waals surface area contributed by atoms with E-state index in [4.69, 9.17) is 5.26 Å². The van der Waals surface area contributed by atoms with Gasteiger partial charge in [-0.25, -0.2) is 4.21 Å². The fraction of sp³-hybridized carbons (Fsp3) is 0.125. The summed E-state index contributed by atoms with van der Waals surface area (Å²) in [6.45, 7) is 0. The molecule has 0 aliphatic carbocycles. The Bertz CT molecular complexity index is 343. The molecule has 0 saturated carbocycles. The summed E-state index contributed by atoms with van der Waals surface area (Å²) in [7, 11) is 1.36. The number of benzene rings is 1. The van der Waals surface area contributed by atoms with Crippen LogP contribution in [0, 0.1) is 11.3 Å². The number of rotatable bonds is 2. The Morgan fingerprint density at radius 1 is 1.58 bits per heavy atom. The second kappa shape index (κ2) is 4.00. The largest absolute Gasteiger partial charge is 0.290 e. The van der Waals surface area contributed by atoms with Gasteiger partial charge in [0.1, 0.15) is 0 Å². The Morgan fingerprint density at radius 3 is 2.92 bits per heavy atom. The molecule has 62 valence electrons. The predicted molar refractivity (Wildman–Crippen MR) is 44.6 cm³/mol. The normalized spacial score (nSPS) is 12.0. The lowest BCUT2D eigenvalue weighted by atomic mass is 10.2. The highest BCUT2D eigenvalue weighted by Gasteiger charge is 2.01. The summed E-state index contributed by atoms with van der Waals surface area (Å²) in [4.78, 5) is 0.511. The van der Waals surface area contributed by atoms with Crippen molar-refractivity contribution in [1.82, 2.24) is 0 Å². The van der Waals surface area contributed by atoms with Crippen LogP contribution in [0.5, 0.6) is 0 Å². The molecule has 1 rings (SSSR count). The molecule has 1 atom stereocenters. The third-order valence-corrected chi connectivity index (χ3v) is 2.25. The van der Waals surface area contributed by atoms with Crippen molar-refractivity contribution in [1.29, 1.82) is 5.26 Å². The van der Waals surface area contributed by atoms with Gasteiger partial charge >= 0.3 is 0 Å². The fourth-order valence-electron chi connectivity index (χ4n) is 0.766. The van der Waals surface area contributed by atoms with E-state index in [1.165, 1.54) is 7.11 Å². The molecule has 3 nitrogen and oxygen atoms in total. The van der Waals surface area contributed by atoms with E-state index >= 15 is 0 Å². The maximum Gasteiger partial charge on any atom is 0.188 e. The number of nitriles is 1. The molecule has 12 heavy (non-hydrogen) atoms. The summed E-state index contributed by atoms with van der Waals surface area (Å²) in [5.74, 6) is 0. The van der Waals surface area contributed by atoms with Gasteiger partial charge in [0.05, 0.1) is 23.6 Å². The van der Waals surface area contributed by atoms with Crippen molar-refractivity contribution < 1.29 is 8.39 Å². The smallest absolute Gasteiger partial charge is 0.188 e. The third kappa shape index (κ3) is 1.91. The van der Waals surface area contributed by atoms with Crippen LogP contribution in [0.1, 0.15) is 5.56 Å². The van der Waals surface area contributed by atoms with Crippen molar-refractivity contribution >= 4 is 11.1 Å². The highest BCUT2D eigenvalue weighted by Crippen LogP contribution is 2.08. The van der Waals surface area contributed by atoms with Crippen LogP contribution in [0.2, 0.25) is 0 Å². The van der Waals surface area contributed by atoms with E-state index in [-0.39, 0.29) is 0 Å². The van der Waals surface area contributed by atoms with Gasteiger partial charge in [0.15, 0.2) is 11.1 Å². The molecule has 0 aromatic heterocycles. The maximum atomic E-state index is 11.1. The summed E-state index contributed by atoms with van der Waals surface area (Å²) in [5, 5.41) is 8.53. The molecule has 1 aromatic carbocycles. The molecule has 1 unspecified atom stereocenters. The lowest BCUT2D eigenvalue weighted by molar-refractivity contribution is 0.445. The van der Waals surface area contributed by atoms with Gasteiger partial charge in [0.25, 0.3) is 0 Å². The monoisotopic (exact) mass is 181 g/mol. The fourth-order valence-corrected chi connectivity index (χ4v) is 1.37. The van der Waals surface area contributed by atoms with E-state index in [0.717, 1.165) is 0 Å². The molecular formula is C8H7NO2S. The van der Waals surface area contributed by atoms with E-state index < -0.39 is 11.1 Å². The standard InChI is InChI=1S/C8H7NO2S/c1-11-12(10)8-4-2-3-7(5-8)6-9/h2-5H,1H3. The molecule has 0 aliphatic heterocycles. The van der Waals surface area contributed by atoms with E-state index in [9.17, 15) is 4.21 Å². The maximum absolute atomic E-state index is 11.1. The number of nitrogens with zero attached hydrogens (tertiary/aromatic N) is 1. The van der Waals surface area contributed by atoms with E-state index in [2.05, 4.69) is 4.18 Å². The van der Waals surface area contributed by atoms with Crippen LogP contribution in [-0.2, 0) is 15.3 Å². The lowest BCUT2D eigenvalue weighted by Crippen LogP contribution is -1.92. The van der Waals surface area contributed by atoms with Crippen molar-refractivity contribution in [3.63, 3.8) is 0 Å². The minimum absolute atomic E-state index is 0.484.